The molecular weight excluding hydrogens is 323 g/mol. The Morgan fingerprint density at radius 1 is 1.12 bits per heavy atom. The molecule has 1 N–H and O–H groups in total. The topological polar surface area (TPSA) is 68.2 Å². The number of carbonyl (C=O) groups is 2. The van der Waals surface area contributed by atoms with Crippen molar-refractivity contribution in [3.05, 3.63) is 76.3 Å². The summed E-state index contributed by atoms with van der Waals surface area (Å²) in [6.07, 6.45) is 1.39. The first-order valence-electron chi connectivity index (χ1n) is 7.64. The van der Waals surface area contributed by atoms with E-state index < -0.39 is 11.7 Å². The van der Waals surface area contributed by atoms with Gasteiger partial charge in [0.25, 0.3) is 0 Å². The summed E-state index contributed by atoms with van der Waals surface area (Å²) in [5, 5.41) is 2.89. The highest BCUT2D eigenvalue weighted by molar-refractivity contribution is 5.97. The molecule has 0 saturated carbocycles. The van der Waals surface area contributed by atoms with Crippen LogP contribution in [0.4, 0.5) is 10.1 Å². The molecule has 126 valence electrons. The molecule has 2 aromatic carbocycles. The van der Waals surface area contributed by atoms with Crippen molar-refractivity contribution in [1.29, 1.82) is 0 Å². The van der Waals surface area contributed by atoms with Crippen LogP contribution in [-0.4, -0.2) is 16.3 Å². The molecule has 0 bridgehead atoms. The van der Waals surface area contributed by atoms with Gasteiger partial charge in [-0.1, -0.05) is 18.2 Å². The number of Topliss-reactive ketones (excluding diaryl/α,β-unsaturated/α-hetero) is 1. The van der Waals surface area contributed by atoms with Gasteiger partial charge in [-0.15, -0.1) is 0 Å². The van der Waals surface area contributed by atoms with Crippen molar-refractivity contribution in [2.45, 2.75) is 13.5 Å². The number of carbonyl (C=O) groups excluding carboxylic acids is 2. The second kappa shape index (κ2) is 6.68. The summed E-state index contributed by atoms with van der Waals surface area (Å²) in [7, 11) is 0. The van der Waals surface area contributed by atoms with Crippen LogP contribution in [0.25, 0.3) is 10.9 Å². The Kier molecular flexibility index (Phi) is 4.43. The van der Waals surface area contributed by atoms with E-state index in [1.165, 1.54) is 42.0 Å². The van der Waals surface area contributed by atoms with Crippen LogP contribution in [0.1, 0.15) is 17.3 Å². The number of rotatable bonds is 4. The summed E-state index contributed by atoms with van der Waals surface area (Å²) in [6, 6.07) is 12.1. The number of halogens is 1. The molecule has 1 aromatic heterocycles. The zero-order valence-corrected chi connectivity index (χ0v) is 13.5. The zero-order chi connectivity index (χ0) is 18.0. The second-order valence-electron chi connectivity index (χ2n) is 5.63. The standard InChI is InChI=1S/C19H15FN2O3/c1-12(23)13-4-2-5-14(10-13)21-18(25)11-22-9-8-17(24)15-6-3-7-16(20)19(15)22/h2-10H,11H2,1H3,(H,21,25). The van der Waals surface area contributed by atoms with E-state index >= 15 is 0 Å². The fourth-order valence-electron chi connectivity index (χ4n) is 2.63. The van der Waals surface area contributed by atoms with Crippen LogP contribution in [0.15, 0.2) is 59.5 Å². The highest BCUT2D eigenvalue weighted by Gasteiger charge is 2.11. The summed E-state index contributed by atoms with van der Waals surface area (Å²) in [4.78, 5) is 35.5. The minimum absolute atomic E-state index is 0.0858. The molecule has 0 atom stereocenters. The van der Waals surface area contributed by atoms with E-state index in [-0.39, 0.29) is 28.7 Å². The normalized spacial score (nSPS) is 10.6. The number of hydrogen-bond donors (Lipinski definition) is 1. The largest absolute Gasteiger partial charge is 0.335 e. The minimum Gasteiger partial charge on any atom is -0.335 e. The van der Waals surface area contributed by atoms with Crippen molar-refractivity contribution in [3.63, 3.8) is 0 Å². The molecule has 6 heteroatoms. The van der Waals surface area contributed by atoms with Gasteiger partial charge in [0.15, 0.2) is 11.2 Å². The van der Waals surface area contributed by atoms with Gasteiger partial charge >= 0.3 is 0 Å². The number of nitrogens with one attached hydrogen (secondary N) is 1. The Bertz CT molecular complexity index is 1040. The van der Waals surface area contributed by atoms with Crippen molar-refractivity contribution >= 4 is 28.3 Å². The van der Waals surface area contributed by atoms with Gasteiger partial charge in [0.05, 0.1) is 5.52 Å². The number of nitrogens with zero attached hydrogens (tertiary/aromatic N) is 1. The van der Waals surface area contributed by atoms with Crippen LogP contribution in [0.2, 0.25) is 0 Å². The molecule has 25 heavy (non-hydrogen) atoms. The van der Waals surface area contributed by atoms with Gasteiger partial charge in [-0.3, -0.25) is 14.4 Å². The first-order chi connectivity index (χ1) is 12.0. The number of hydrogen-bond acceptors (Lipinski definition) is 3. The SMILES string of the molecule is CC(=O)c1cccc(NC(=O)Cn2ccc(=O)c3cccc(F)c32)c1. The first-order valence-corrected chi connectivity index (χ1v) is 7.64. The van der Waals surface area contributed by atoms with E-state index in [1.54, 1.807) is 24.3 Å². The van der Waals surface area contributed by atoms with Crippen LogP contribution in [0.3, 0.4) is 0 Å². The van der Waals surface area contributed by atoms with Gasteiger partial charge in [-0.05, 0) is 31.2 Å². The maximum Gasteiger partial charge on any atom is 0.244 e. The Morgan fingerprint density at radius 2 is 1.88 bits per heavy atom. The van der Waals surface area contributed by atoms with Crippen LogP contribution in [0, 0.1) is 5.82 Å². The molecule has 1 heterocycles. The predicted molar refractivity (Wildman–Crippen MR) is 93.2 cm³/mol. The molecule has 0 radical (unpaired) electrons. The highest BCUT2D eigenvalue weighted by Crippen LogP contribution is 2.15. The maximum atomic E-state index is 14.1. The lowest BCUT2D eigenvalue weighted by Crippen LogP contribution is -2.21. The zero-order valence-electron chi connectivity index (χ0n) is 13.5. The quantitative estimate of drug-likeness (QED) is 0.744. The molecule has 0 aliphatic rings. The molecule has 1 amide bonds. The van der Waals surface area contributed by atoms with Crippen LogP contribution >= 0.6 is 0 Å². The summed E-state index contributed by atoms with van der Waals surface area (Å²) in [6.45, 7) is 1.28. The molecule has 3 aromatic rings. The Balaban J connectivity index is 1.88. The molecule has 0 aliphatic heterocycles. The maximum absolute atomic E-state index is 14.1. The Labute approximate surface area is 142 Å². The number of amides is 1. The van der Waals surface area contributed by atoms with Crippen LogP contribution in [0.5, 0.6) is 0 Å². The second-order valence-corrected chi connectivity index (χ2v) is 5.63. The van der Waals surface area contributed by atoms with Crippen molar-refractivity contribution in [2.24, 2.45) is 0 Å². The average Bonchev–Trinajstić information content (AvgIpc) is 2.58. The number of para-hydroxylation sites is 1. The number of ketones is 1. The molecular formula is C19H15FN2O3. The van der Waals surface area contributed by atoms with E-state index in [0.29, 0.717) is 11.3 Å². The molecule has 5 nitrogen and oxygen atoms in total. The molecule has 0 saturated heterocycles. The first kappa shape index (κ1) is 16.6. The van der Waals surface area contributed by atoms with Crippen LogP contribution in [-0.2, 0) is 11.3 Å². The predicted octanol–water partition coefficient (Wildman–Crippen LogP) is 2.98. The highest BCUT2D eigenvalue weighted by atomic mass is 19.1. The smallest absolute Gasteiger partial charge is 0.244 e. The van der Waals surface area contributed by atoms with Crippen LogP contribution < -0.4 is 10.7 Å². The van der Waals surface area contributed by atoms with Gasteiger partial charge in [-0.25, -0.2) is 4.39 Å². The number of anilines is 1. The fourth-order valence-corrected chi connectivity index (χ4v) is 2.63. The van der Waals surface area contributed by atoms with Gasteiger partial charge in [0, 0.05) is 28.9 Å². The number of benzene rings is 2. The van der Waals surface area contributed by atoms with Gasteiger partial charge < -0.3 is 9.88 Å². The monoisotopic (exact) mass is 338 g/mol. The molecule has 3 rings (SSSR count). The van der Waals surface area contributed by atoms with E-state index in [1.807, 2.05) is 0 Å². The lowest BCUT2D eigenvalue weighted by Gasteiger charge is -2.12. The summed E-state index contributed by atoms with van der Waals surface area (Å²) >= 11 is 0. The third-order valence-electron chi connectivity index (χ3n) is 3.81. The fraction of sp³-hybridized carbons (Fsp3) is 0.105. The molecule has 0 aliphatic carbocycles. The molecule has 0 fully saturated rings. The molecule has 0 unspecified atom stereocenters. The number of pyridine rings is 1. The number of fused-ring (bicyclic) bond motifs is 1. The minimum atomic E-state index is -0.568. The third kappa shape index (κ3) is 3.47. The van der Waals surface area contributed by atoms with Crippen molar-refractivity contribution in [1.82, 2.24) is 4.57 Å². The Hall–Kier alpha value is -3.28. The summed E-state index contributed by atoms with van der Waals surface area (Å²) in [5.74, 6) is -1.07. The van der Waals surface area contributed by atoms with E-state index in [2.05, 4.69) is 5.32 Å². The number of aromatic nitrogens is 1. The van der Waals surface area contributed by atoms with E-state index in [0.717, 1.165) is 0 Å². The third-order valence-corrected chi connectivity index (χ3v) is 3.81. The lowest BCUT2D eigenvalue weighted by molar-refractivity contribution is -0.116. The van der Waals surface area contributed by atoms with Gasteiger partial charge in [-0.2, -0.15) is 0 Å². The van der Waals surface area contributed by atoms with Crippen molar-refractivity contribution < 1.29 is 14.0 Å². The van der Waals surface area contributed by atoms with Gasteiger partial charge in [0.1, 0.15) is 12.4 Å². The van der Waals surface area contributed by atoms with Crippen molar-refractivity contribution in [2.75, 3.05) is 5.32 Å². The van der Waals surface area contributed by atoms with E-state index in [4.69, 9.17) is 0 Å². The van der Waals surface area contributed by atoms with Gasteiger partial charge in [0.2, 0.25) is 5.91 Å². The van der Waals surface area contributed by atoms with Crippen molar-refractivity contribution in [3.8, 4) is 0 Å². The lowest BCUT2D eigenvalue weighted by atomic mass is 10.1. The summed E-state index contributed by atoms with van der Waals surface area (Å²) in [5.41, 5.74) is 0.740. The van der Waals surface area contributed by atoms with E-state index in [9.17, 15) is 18.8 Å². The average molecular weight is 338 g/mol. The Morgan fingerprint density at radius 3 is 2.64 bits per heavy atom. The summed E-state index contributed by atoms with van der Waals surface area (Å²) < 4.78 is 15.5. The molecule has 0 spiro atoms.